The summed E-state index contributed by atoms with van der Waals surface area (Å²) in [7, 11) is 0. The van der Waals surface area contributed by atoms with Crippen LogP contribution in [0.5, 0.6) is 0 Å². The smallest absolute Gasteiger partial charge is 0.248 e. The number of halogens is 1. The Morgan fingerprint density at radius 3 is 2.74 bits per heavy atom. The van der Waals surface area contributed by atoms with Crippen LogP contribution in [0.4, 0.5) is 0 Å². The topological polar surface area (TPSA) is 74.2 Å². The molecular weight excluding hydrogens is 266 g/mol. The molecule has 3 rings (SSSR count). The molecule has 0 radical (unpaired) electrons. The summed E-state index contributed by atoms with van der Waals surface area (Å²) in [6.45, 7) is 0.763. The van der Waals surface area contributed by atoms with E-state index in [4.69, 9.17) is 15.0 Å². The normalized spacial score (nSPS) is 19.9. The molecule has 1 aliphatic rings. The lowest BCUT2D eigenvalue weighted by Crippen LogP contribution is -2.12. The fourth-order valence-electron chi connectivity index (χ4n) is 2.09. The first kappa shape index (κ1) is 14.0. The molecule has 0 spiro atoms. The van der Waals surface area contributed by atoms with Gasteiger partial charge in [-0.15, -0.1) is 12.4 Å². The minimum Gasteiger partial charge on any atom is -0.370 e. The highest BCUT2D eigenvalue weighted by Gasteiger charge is 2.25. The van der Waals surface area contributed by atoms with Crippen LogP contribution in [0.2, 0.25) is 0 Å². The molecule has 2 atom stereocenters. The molecule has 1 aromatic carbocycles. The summed E-state index contributed by atoms with van der Waals surface area (Å²) < 4.78 is 10.7. The van der Waals surface area contributed by atoms with Gasteiger partial charge in [-0.05, 0) is 18.4 Å². The van der Waals surface area contributed by atoms with E-state index in [1.807, 2.05) is 30.3 Å². The van der Waals surface area contributed by atoms with Crippen LogP contribution >= 0.6 is 12.4 Å². The third kappa shape index (κ3) is 2.94. The standard InChI is InChI=1S/C13H15N3O2.ClH/c14-11(9-5-2-1-3-6-9)13-15-12(16-18-13)10-7-4-8-17-10;/h1-3,5-6,10-11H,4,7-8,14H2;1H/t10?,11-;/m0./s1. The van der Waals surface area contributed by atoms with Crippen molar-refractivity contribution in [1.29, 1.82) is 0 Å². The Kier molecular flexibility index (Phi) is 4.52. The first-order valence-electron chi connectivity index (χ1n) is 6.10. The lowest BCUT2D eigenvalue weighted by molar-refractivity contribution is 0.103. The third-order valence-corrected chi connectivity index (χ3v) is 3.10. The average Bonchev–Trinajstić information content (AvgIpc) is 3.09. The molecule has 1 saturated heterocycles. The second kappa shape index (κ2) is 6.14. The van der Waals surface area contributed by atoms with E-state index in [1.54, 1.807) is 0 Å². The molecule has 1 fully saturated rings. The maximum Gasteiger partial charge on any atom is 0.248 e. The molecule has 6 heteroatoms. The Labute approximate surface area is 117 Å². The van der Waals surface area contributed by atoms with Crippen molar-refractivity contribution in [2.24, 2.45) is 5.73 Å². The molecule has 2 N–H and O–H groups in total. The zero-order valence-corrected chi connectivity index (χ0v) is 11.2. The molecule has 5 nitrogen and oxygen atoms in total. The summed E-state index contributed by atoms with van der Waals surface area (Å²) in [5.41, 5.74) is 7.05. The minimum absolute atomic E-state index is 0. The summed E-state index contributed by atoms with van der Waals surface area (Å²) in [6, 6.07) is 9.33. The van der Waals surface area contributed by atoms with Gasteiger partial charge in [0, 0.05) is 6.61 Å². The first-order chi connectivity index (χ1) is 8.84. The average molecular weight is 282 g/mol. The van der Waals surface area contributed by atoms with Crippen molar-refractivity contribution in [3.05, 3.63) is 47.6 Å². The van der Waals surface area contributed by atoms with Gasteiger partial charge in [0.2, 0.25) is 11.7 Å². The Bertz CT molecular complexity index is 512. The van der Waals surface area contributed by atoms with Crippen LogP contribution in [0.3, 0.4) is 0 Å². The molecule has 0 amide bonds. The van der Waals surface area contributed by atoms with Crippen molar-refractivity contribution in [2.45, 2.75) is 25.0 Å². The minimum atomic E-state index is -0.381. The third-order valence-electron chi connectivity index (χ3n) is 3.10. The highest BCUT2D eigenvalue weighted by molar-refractivity contribution is 5.85. The number of nitrogens with zero attached hydrogens (tertiary/aromatic N) is 2. The van der Waals surface area contributed by atoms with Crippen LogP contribution in [0.25, 0.3) is 0 Å². The second-order valence-electron chi connectivity index (χ2n) is 4.38. The van der Waals surface area contributed by atoms with Crippen LogP contribution in [-0.4, -0.2) is 16.7 Å². The molecule has 1 unspecified atom stereocenters. The maximum atomic E-state index is 6.09. The Balaban J connectivity index is 0.00000133. The van der Waals surface area contributed by atoms with Crippen molar-refractivity contribution >= 4 is 12.4 Å². The van der Waals surface area contributed by atoms with E-state index < -0.39 is 0 Å². The van der Waals surface area contributed by atoms with Gasteiger partial charge in [-0.1, -0.05) is 35.5 Å². The van der Waals surface area contributed by atoms with E-state index >= 15 is 0 Å². The molecule has 1 aliphatic heterocycles. The molecule has 1 aromatic heterocycles. The fourth-order valence-corrected chi connectivity index (χ4v) is 2.09. The highest BCUT2D eigenvalue weighted by atomic mass is 35.5. The zero-order valence-electron chi connectivity index (χ0n) is 10.4. The largest absolute Gasteiger partial charge is 0.370 e. The van der Waals surface area contributed by atoms with E-state index in [0.717, 1.165) is 25.0 Å². The van der Waals surface area contributed by atoms with Crippen LogP contribution < -0.4 is 5.73 Å². The van der Waals surface area contributed by atoms with Gasteiger partial charge in [0.1, 0.15) is 12.1 Å². The SMILES string of the molecule is Cl.N[C@@H](c1ccccc1)c1nc(C2CCCO2)no1. The van der Waals surface area contributed by atoms with Crippen LogP contribution in [0.1, 0.15) is 42.3 Å². The van der Waals surface area contributed by atoms with E-state index in [1.165, 1.54) is 0 Å². The van der Waals surface area contributed by atoms with Gasteiger partial charge in [0.05, 0.1) is 0 Å². The number of hydrogen-bond acceptors (Lipinski definition) is 5. The monoisotopic (exact) mass is 281 g/mol. The number of rotatable bonds is 3. The van der Waals surface area contributed by atoms with Gasteiger partial charge in [-0.2, -0.15) is 4.98 Å². The Morgan fingerprint density at radius 2 is 2.05 bits per heavy atom. The van der Waals surface area contributed by atoms with Gasteiger partial charge < -0.3 is 15.0 Å². The number of ether oxygens (including phenoxy) is 1. The van der Waals surface area contributed by atoms with Crippen molar-refractivity contribution in [2.75, 3.05) is 6.61 Å². The lowest BCUT2D eigenvalue weighted by atomic mass is 10.1. The van der Waals surface area contributed by atoms with Gasteiger partial charge in [0.25, 0.3) is 0 Å². The molecule has 0 bridgehead atoms. The van der Waals surface area contributed by atoms with Crippen molar-refractivity contribution in [3.63, 3.8) is 0 Å². The summed E-state index contributed by atoms with van der Waals surface area (Å²) in [5.74, 6) is 1.04. The van der Waals surface area contributed by atoms with E-state index in [0.29, 0.717) is 11.7 Å². The fraction of sp³-hybridized carbons (Fsp3) is 0.385. The number of benzene rings is 1. The van der Waals surface area contributed by atoms with Gasteiger partial charge in [0.15, 0.2) is 0 Å². The predicted octanol–water partition coefficient (Wildman–Crippen LogP) is 2.39. The molecule has 19 heavy (non-hydrogen) atoms. The van der Waals surface area contributed by atoms with Crippen LogP contribution in [0.15, 0.2) is 34.9 Å². The van der Waals surface area contributed by atoms with E-state index in [2.05, 4.69) is 10.1 Å². The summed E-state index contributed by atoms with van der Waals surface area (Å²) in [6.07, 6.45) is 1.95. The Morgan fingerprint density at radius 1 is 1.26 bits per heavy atom. The summed E-state index contributed by atoms with van der Waals surface area (Å²) >= 11 is 0. The van der Waals surface area contributed by atoms with Crippen molar-refractivity contribution < 1.29 is 9.26 Å². The summed E-state index contributed by atoms with van der Waals surface area (Å²) in [5, 5.41) is 3.95. The number of hydrogen-bond donors (Lipinski definition) is 1. The van der Waals surface area contributed by atoms with Crippen molar-refractivity contribution in [3.8, 4) is 0 Å². The highest BCUT2D eigenvalue weighted by Crippen LogP contribution is 2.27. The van der Waals surface area contributed by atoms with Crippen molar-refractivity contribution in [1.82, 2.24) is 10.1 Å². The van der Waals surface area contributed by atoms with E-state index in [-0.39, 0.29) is 24.6 Å². The zero-order chi connectivity index (χ0) is 12.4. The molecule has 2 heterocycles. The first-order valence-corrected chi connectivity index (χ1v) is 6.10. The molecule has 2 aromatic rings. The summed E-state index contributed by atoms with van der Waals surface area (Å²) in [4.78, 5) is 4.34. The maximum absolute atomic E-state index is 6.09. The van der Waals surface area contributed by atoms with E-state index in [9.17, 15) is 0 Å². The van der Waals surface area contributed by atoms with Gasteiger partial charge >= 0.3 is 0 Å². The van der Waals surface area contributed by atoms with Crippen LogP contribution in [-0.2, 0) is 4.74 Å². The molecule has 0 aliphatic carbocycles. The lowest BCUT2D eigenvalue weighted by Gasteiger charge is -2.06. The van der Waals surface area contributed by atoms with Gasteiger partial charge in [-0.25, -0.2) is 0 Å². The second-order valence-corrected chi connectivity index (χ2v) is 4.38. The predicted molar refractivity (Wildman–Crippen MR) is 71.9 cm³/mol. The van der Waals surface area contributed by atoms with Crippen LogP contribution in [0, 0.1) is 0 Å². The number of nitrogens with two attached hydrogens (primary N) is 1. The number of aromatic nitrogens is 2. The molecule has 102 valence electrons. The Hall–Kier alpha value is -1.43. The van der Waals surface area contributed by atoms with Gasteiger partial charge in [-0.3, -0.25) is 0 Å². The molecular formula is C13H16ClN3O2. The quantitative estimate of drug-likeness (QED) is 0.935. The molecule has 0 saturated carbocycles.